The number of aromatic nitrogens is 1. The molecular formula is C13H15F3N4O3. The molecule has 1 saturated heterocycles. The van der Waals surface area contributed by atoms with Gasteiger partial charge in [0.15, 0.2) is 6.61 Å². The normalized spacial score (nSPS) is 16.0. The number of nitrogens with one attached hydrogen (secondary N) is 2. The fraction of sp³-hybridized carbons (Fsp3) is 0.462. The quantitative estimate of drug-likeness (QED) is 0.851. The predicted octanol–water partition coefficient (Wildman–Crippen LogP) is 1.37. The molecule has 1 fully saturated rings. The molecule has 2 rings (SSSR count). The van der Waals surface area contributed by atoms with Crippen molar-refractivity contribution < 1.29 is 27.5 Å². The van der Waals surface area contributed by atoms with Gasteiger partial charge in [-0.05, 0) is 13.0 Å². The van der Waals surface area contributed by atoms with Crippen LogP contribution >= 0.6 is 0 Å². The van der Waals surface area contributed by atoms with Crippen molar-refractivity contribution in [1.29, 1.82) is 0 Å². The molecule has 2 heterocycles. The van der Waals surface area contributed by atoms with Gasteiger partial charge in [-0.3, -0.25) is 9.69 Å². The fourth-order valence-electron chi connectivity index (χ4n) is 1.93. The van der Waals surface area contributed by atoms with Crippen molar-refractivity contribution in [2.75, 3.05) is 25.0 Å². The van der Waals surface area contributed by atoms with Gasteiger partial charge >= 0.3 is 12.2 Å². The molecule has 3 amide bonds. The van der Waals surface area contributed by atoms with Crippen LogP contribution in [0.25, 0.3) is 0 Å². The van der Waals surface area contributed by atoms with E-state index in [4.69, 9.17) is 0 Å². The highest BCUT2D eigenvalue weighted by Gasteiger charge is 2.30. The minimum Gasteiger partial charge on any atom is -0.468 e. The lowest BCUT2D eigenvalue weighted by atomic mass is 10.2. The van der Waals surface area contributed by atoms with E-state index in [1.165, 1.54) is 18.3 Å². The Hall–Kier alpha value is -2.52. The molecule has 7 nitrogen and oxygen atoms in total. The molecule has 2 N–H and O–H groups in total. The molecule has 1 aromatic heterocycles. The van der Waals surface area contributed by atoms with Crippen LogP contribution in [0.15, 0.2) is 18.3 Å². The first-order valence-electron chi connectivity index (χ1n) is 6.77. The Morgan fingerprint density at radius 1 is 1.52 bits per heavy atom. The summed E-state index contributed by atoms with van der Waals surface area (Å²) in [6.45, 7) is 0.851. The van der Waals surface area contributed by atoms with Gasteiger partial charge in [-0.15, -0.1) is 0 Å². The summed E-state index contributed by atoms with van der Waals surface area (Å²) in [5.74, 6) is -0.580. The Morgan fingerprint density at radius 3 is 2.78 bits per heavy atom. The summed E-state index contributed by atoms with van der Waals surface area (Å²) >= 11 is 0. The molecule has 10 heteroatoms. The molecule has 1 aliphatic heterocycles. The topological polar surface area (TPSA) is 83.6 Å². The summed E-state index contributed by atoms with van der Waals surface area (Å²) in [4.78, 5) is 28.3. The molecular weight excluding hydrogens is 317 g/mol. The molecule has 0 aliphatic carbocycles. The van der Waals surface area contributed by atoms with Crippen molar-refractivity contribution in [2.24, 2.45) is 0 Å². The van der Waals surface area contributed by atoms with Gasteiger partial charge in [-0.25, -0.2) is 9.78 Å². The number of halogens is 3. The summed E-state index contributed by atoms with van der Waals surface area (Å²) in [5.41, 5.74) is 0.421. The summed E-state index contributed by atoms with van der Waals surface area (Å²) in [5, 5.41) is 5.35. The molecule has 1 aromatic rings. The van der Waals surface area contributed by atoms with Gasteiger partial charge in [0.05, 0.1) is 11.9 Å². The first-order chi connectivity index (χ1) is 10.8. The van der Waals surface area contributed by atoms with E-state index >= 15 is 0 Å². The summed E-state index contributed by atoms with van der Waals surface area (Å²) in [7, 11) is 0. The van der Waals surface area contributed by atoms with Gasteiger partial charge in [-0.1, -0.05) is 0 Å². The lowest BCUT2D eigenvalue weighted by molar-refractivity contribution is -0.154. The predicted molar refractivity (Wildman–Crippen MR) is 74.0 cm³/mol. The number of hydrogen-bond acceptors (Lipinski definition) is 5. The smallest absolute Gasteiger partial charge is 0.422 e. The molecule has 0 aromatic carbocycles. The van der Waals surface area contributed by atoms with Crippen LogP contribution in [0.1, 0.15) is 6.92 Å². The third-order valence-corrected chi connectivity index (χ3v) is 3.00. The highest BCUT2D eigenvalue weighted by atomic mass is 19.4. The average molecular weight is 332 g/mol. The van der Waals surface area contributed by atoms with Gasteiger partial charge in [0.1, 0.15) is 6.04 Å². The standard InChI is InChI=1S/C13H15F3N4O3/c1-8(11(21)20-5-4-17-12(20)22)19-9-2-3-10(18-6-9)23-7-13(14,15)16/h2-3,6,8,19H,4-5,7H2,1H3,(H,17,22)/t8-/m1/s1. The number of carbonyl (C=O) groups excluding carboxylic acids is 2. The Kier molecular flexibility index (Phi) is 4.92. The van der Waals surface area contributed by atoms with Crippen molar-refractivity contribution in [3.05, 3.63) is 18.3 Å². The minimum absolute atomic E-state index is 0.175. The van der Waals surface area contributed by atoms with Crippen LogP contribution in [0.5, 0.6) is 5.88 Å². The summed E-state index contributed by atoms with van der Waals surface area (Å²) in [6, 6.07) is 1.56. The second-order valence-corrected chi connectivity index (χ2v) is 4.88. The first kappa shape index (κ1) is 16.8. The van der Waals surface area contributed by atoms with E-state index in [0.29, 0.717) is 18.8 Å². The number of ether oxygens (including phenoxy) is 1. The fourth-order valence-corrected chi connectivity index (χ4v) is 1.93. The molecule has 0 radical (unpaired) electrons. The van der Waals surface area contributed by atoms with Gasteiger partial charge < -0.3 is 15.4 Å². The molecule has 23 heavy (non-hydrogen) atoms. The SMILES string of the molecule is C[C@@H](Nc1ccc(OCC(F)(F)F)nc1)C(=O)N1CCNC1=O. The van der Waals surface area contributed by atoms with E-state index < -0.39 is 30.8 Å². The van der Waals surface area contributed by atoms with Gasteiger partial charge in [0.25, 0.3) is 5.91 Å². The monoisotopic (exact) mass is 332 g/mol. The number of rotatable bonds is 5. The van der Waals surface area contributed by atoms with E-state index in [2.05, 4.69) is 20.4 Å². The average Bonchev–Trinajstić information content (AvgIpc) is 2.91. The van der Waals surface area contributed by atoms with Crippen molar-refractivity contribution >= 4 is 17.6 Å². The highest BCUT2D eigenvalue weighted by molar-refractivity contribution is 5.99. The number of nitrogens with zero attached hydrogens (tertiary/aromatic N) is 2. The van der Waals surface area contributed by atoms with Crippen LogP contribution in [0, 0.1) is 0 Å². The number of hydrogen-bond donors (Lipinski definition) is 2. The third-order valence-electron chi connectivity index (χ3n) is 3.00. The van der Waals surface area contributed by atoms with Gasteiger partial charge in [0, 0.05) is 19.2 Å². The summed E-state index contributed by atoms with van der Waals surface area (Å²) < 4.78 is 40.5. The molecule has 0 bridgehead atoms. The van der Waals surface area contributed by atoms with Crippen molar-refractivity contribution in [2.45, 2.75) is 19.1 Å². The van der Waals surface area contributed by atoms with Crippen molar-refractivity contribution in [3.63, 3.8) is 0 Å². The Morgan fingerprint density at radius 2 is 2.26 bits per heavy atom. The van der Waals surface area contributed by atoms with E-state index in [9.17, 15) is 22.8 Å². The van der Waals surface area contributed by atoms with E-state index in [-0.39, 0.29) is 5.88 Å². The van der Waals surface area contributed by atoms with Crippen molar-refractivity contribution in [3.8, 4) is 5.88 Å². The van der Waals surface area contributed by atoms with Gasteiger partial charge in [-0.2, -0.15) is 13.2 Å². The van der Waals surface area contributed by atoms with Crippen LogP contribution in [0.3, 0.4) is 0 Å². The largest absolute Gasteiger partial charge is 0.468 e. The maximum atomic E-state index is 12.1. The number of urea groups is 1. The number of alkyl halides is 3. The zero-order valence-electron chi connectivity index (χ0n) is 12.2. The van der Waals surface area contributed by atoms with Crippen LogP contribution in [0.4, 0.5) is 23.7 Å². The van der Waals surface area contributed by atoms with Crippen molar-refractivity contribution in [1.82, 2.24) is 15.2 Å². The Labute approximate surface area is 129 Å². The molecule has 126 valence electrons. The number of pyridine rings is 1. The third kappa shape index (κ3) is 4.73. The van der Waals surface area contributed by atoms with Crippen LogP contribution in [0.2, 0.25) is 0 Å². The lowest BCUT2D eigenvalue weighted by Gasteiger charge is -2.19. The molecule has 0 spiro atoms. The zero-order chi connectivity index (χ0) is 17.0. The van der Waals surface area contributed by atoms with Crippen LogP contribution in [-0.2, 0) is 4.79 Å². The Balaban J connectivity index is 1.90. The number of carbonyl (C=O) groups is 2. The first-order valence-corrected chi connectivity index (χ1v) is 6.77. The number of amides is 3. The zero-order valence-corrected chi connectivity index (χ0v) is 12.2. The highest BCUT2D eigenvalue weighted by Crippen LogP contribution is 2.18. The minimum atomic E-state index is -4.43. The molecule has 1 atom stereocenters. The molecule has 0 unspecified atom stereocenters. The number of anilines is 1. The lowest BCUT2D eigenvalue weighted by Crippen LogP contribution is -2.43. The maximum absolute atomic E-state index is 12.1. The second-order valence-electron chi connectivity index (χ2n) is 4.88. The molecule has 1 aliphatic rings. The Bertz CT molecular complexity index is 577. The maximum Gasteiger partial charge on any atom is 0.422 e. The number of imide groups is 1. The van der Waals surface area contributed by atoms with E-state index in [1.807, 2.05) is 0 Å². The van der Waals surface area contributed by atoms with Crippen LogP contribution < -0.4 is 15.4 Å². The second kappa shape index (κ2) is 6.71. The molecule has 0 saturated carbocycles. The van der Waals surface area contributed by atoms with Gasteiger partial charge in [0.2, 0.25) is 5.88 Å². The summed E-state index contributed by atoms with van der Waals surface area (Å²) in [6.07, 6.45) is -3.19. The van der Waals surface area contributed by atoms with E-state index in [0.717, 1.165) is 4.90 Å². The van der Waals surface area contributed by atoms with E-state index in [1.54, 1.807) is 6.92 Å². The van der Waals surface area contributed by atoms with Crippen LogP contribution in [-0.4, -0.2) is 53.7 Å².